The number of carbonyl (C=O) groups is 1. The van der Waals surface area contributed by atoms with Crippen molar-refractivity contribution in [2.75, 3.05) is 0 Å². The summed E-state index contributed by atoms with van der Waals surface area (Å²) in [5.41, 5.74) is 0.668. The Kier molecular flexibility index (Phi) is 4.21. The molecule has 1 rings (SSSR count). The van der Waals surface area contributed by atoms with Crippen LogP contribution in [0.15, 0.2) is 24.3 Å². The molecule has 0 spiro atoms. The molecule has 3 nitrogen and oxygen atoms in total. The van der Waals surface area contributed by atoms with Crippen LogP contribution in [0, 0.1) is 0 Å². The zero-order chi connectivity index (χ0) is 12.3. The van der Waals surface area contributed by atoms with Crippen molar-refractivity contribution in [3.05, 3.63) is 39.9 Å². The lowest BCUT2D eigenvalue weighted by Crippen LogP contribution is -1.94. The summed E-state index contributed by atoms with van der Waals surface area (Å²) >= 11 is 11.7. The van der Waals surface area contributed by atoms with Crippen molar-refractivity contribution in [1.82, 2.24) is 0 Å². The fourth-order valence-electron chi connectivity index (χ4n) is 1.24. The maximum Gasteiger partial charge on any atom is 0.327 e. The van der Waals surface area contributed by atoms with Gasteiger partial charge in [0, 0.05) is 12.0 Å². The second-order valence-electron chi connectivity index (χ2n) is 3.29. The lowest BCUT2D eigenvalue weighted by atomic mass is 10.0. The average molecular weight is 261 g/mol. The molecular weight excluding hydrogens is 251 g/mol. The molecule has 1 unspecified atom stereocenters. The van der Waals surface area contributed by atoms with Crippen molar-refractivity contribution in [3.63, 3.8) is 0 Å². The predicted molar refractivity (Wildman–Crippen MR) is 63.3 cm³/mol. The van der Waals surface area contributed by atoms with Crippen molar-refractivity contribution in [3.8, 4) is 5.75 Å². The van der Waals surface area contributed by atoms with E-state index >= 15 is 0 Å². The number of allylic oxidation sites excluding steroid dienone is 1. The van der Waals surface area contributed by atoms with Gasteiger partial charge in [-0.2, -0.15) is 0 Å². The molecule has 0 saturated carbocycles. The SMILES string of the molecule is CC(/C=C\C(=O)O)c1ccc(O)c(Cl)c1Cl. The van der Waals surface area contributed by atoms with Crippen LogP contribution in [0.3, 0.4) is 0 Å². The molecule has 0 bridgehead atoms. The van der Waals surface area contributed by atoms with E-state index < -0.39 is 5.97 Å². The third kappa shape index (κ3) is 2.90. The predicted octanol–water partition coefficient (Wildman–Crippen LogP) is 3.44. The van der Waals surface area contributed by atoms with Crippen LogP contribution < -0.4 is 0 Å². The second-order valence-corrected chi connectivity index (χ2v) is 4.04. The van der Waals surface area contributed by atoms with Crippen LogP contribution in [-0.2, 0) is 4.79 Å². The zero-order valence-corrected chi connectivity index (χ0v) is 9.96. The molecule has 0 aliphatic heterocycles. The maximum absolute atomic E-state index is 10.4. The number of aliphatic carboxylic acids is 1. The van der Waals surface area contributed by atoms with Crippen molar-refractivity contribution >= 4 is 29.2 Å². The van der Waals surface area contributed by atoms with Crippen LogP contribution in [-0.4, -0.2) is 16.2 Å². The van der Waals surface area contributed by atoms with E-state index in [1.165, 1.54) is 12.1 Å². The average Bonchev–Trinajstić information content (AvgIpc) is 2.23. The van der Waals surface area contributed by atoms with E-state index in [-0.39, 0.29) is 21.7 Å². The summed E-state index contributed by atoms with van der Waals surface area (Å²) in [7, 11) is 0. The van der Waals surface area contributed by atoms with Gasteiger partial charge in [0.2, 0.25) is 0 Å². The Hall–Kier alpha value is -1.19. The molecule has 1 atom stereocenters. The highest BCUT2D eigenvalue weighted by Gasteiger charge is 2.12. The maximum atomic E-state index is 10.4. The van der Waals surface area contributed by atoms with Gasteiger partial charge in [-0.15, -0.1) is 0 Å². The fraction of sp³-hybridized carbons (Fsp3) is 0.182. The Labute approximate surface area is 103 Å². The number of phenolic OH excluding ortho intramolecular Hbond substituents is 1. The lowest BCUT2D eigenvalue weighted by Gasteiger charge is -2.10. The third-order valence-corrected chi connectivity index (χ3v) is 3.00. The number of aromatic hydroxyl groups is 1. The summed E-state index contributed by atoms with van der Waals surface area (Å²) in [6, 6.07) is 3.04. The molecule has 0 amide bonds. The van der Waals surface area contributed by atoms with Gasteiger partial charge >= 0.3 is 5.97 Å². The Morgan fingerprint density at radius 3 is 2.56 bits per heavy atom. The monoisotopic (exact) mass is 260 g/mol. The van der Waals surface area contributed by atoms with Crippen molar-refractivity contribution in [2.24, 2.45) is 0 Å². The van der Waals surface area contributed by atoms with Crippen molar-refractivity contribution < 1.29 is 15.0 Å². The summed E-state index contributed by atoms with van der Waals surface area (Å²) in [5, 5.41) is 18.1. The van der Waals surface area contributed by atoms with Crippen LogP contribution >= 0.6 is 23.2 Å². The smallest absolute Gasteiger partial charge is 0.327 e. The van der Waals surface area contributed by atoms with Gasteiger partial charge in [-0.3, -0.25) is 0 Å². The number of carboxylic acid groups (broad SMARTS) is 1. The molecule has 86 valence electrons. The highest BCUT2D eigenvalue weighted by Crippen LogP contribution is 2.37. The molecule has 1 aromatic rings. The van der Waals surface area contributed by atoms with E-state index in [2.05, 4.69) is 0 Å². The Morgan fingerprint density at radius 1 is 1.38 bits per heavy atom. The van der Waals surface area contributed by atoms with Crippen LogP contribution in [0.2, 0.25) is 10.0 Å². The highest BCUT2D eigenvalue weighted by molar-refractivity contribution is 6.43. The summed E-state index contributed by atoms with van der Waals surface area (Å²) in [6.07, 6.45) is 2.54. The fourth-order valence-corrected chi connectivity index (χ4v) is 1.74. The first-order valence-electron chi connectivity index (χ1n) is 4.51. The molecular formula is C11H10Cl2O3. The third-order valence-electron chi connectivity index (χ3n) is 2.11. The first-order valence-corrected chi connectivity index (χ1v) is 5.27. The molecule has 2 N–H and O–H groups in total. The van der Waals surface area contributed by atoms with Crippen LogP contribution in [0.5, 0.6) is 5.75 Å². The first-order chi connectivity index (χ1) is 7.43. The van der Waals surface area contributed by atoms with Gasteiger partial charge in [-0.05, 0) is 11.6 Å². The minimum atomic E-state index is -1.02. The van der Waals surface area contributed by atoms with Crippen molar-refractivity contribution in [1.29, 1.82) is 0 Å². The number of hydrogen-bond acceptors (Lipinski definition) is 2. The summed E-state index contributed by atoms with van der Waals surface area (Å²) in [5.74, 6) is -1.31. The van der Waals surface area contributed by atoms with E-state index in [9.17, 15) is 9.90 Å². The molecule has 1 aromatic carbocycles. The van der Waals surface area contributed by atoms with Gasteiger partial charge < -0.3 is 10.2 Å². The molecule has 0 fully saturated rings. The Morgan fingerprint density at radius 2 is 2.00 bits per heavy atom. The molecule has 0 heterocycles. The van der Waals surface area contributed by atoms with Gasteiger partial charge in [-0.1, -0.05) is 42.3 Å². The lowest BCUT2D eigenvalue weighted by molar-refractivity contribution is -0.131. The number of phenols is 1. The topological polar surface area (TPSA) is 57.5 Å². The minimum absolute atomic E-state index is 0.0785. The van der Waals surface area contributed by atoms with Gasteiger partial charge in [-0.25, -0.2) is 4.79 Å². The molecule has 5 heteroatoms. The first kappa shape index (κ1) is 12.9. The standard InChI is InChI=1S/C11H10Cl2O3/c1-6(2-5-9(15)16)7-3-4-8(14)11(13)10(7)12/h2-6,14H,1H3,(H,15,16)/b5-2-. The second kappa shape index (κ2) is 5.23. The van der Waals surface area contributed by atoms with E-state index in [0.717, 1.165) is 6.08 Å². The number of carboxylic acids is 1. The van der Waals surface area contributed by atoms with Crippen LogP contribution in [0.1, 0.15) is 18.4 Å². The summed E-state index contributed by atoms with van der Waals surface area (Å²) < 4.78 is 0. The quantitative estimate of drug-likeness (QED) is 0.819. The number of rotatable bonds is 3. The molecule has 0 aromatic heterocycles. The number of benzene rings is 1. The normalized spacial score (nSPS) is 12.9. The molecule has 0 aliphatic carbocycles. The van der Waals surface area contributed by atoms with Gasteiger partial charge in [0.25, 0.3) is 0 Å². The Bertz CT molecular complexity index is 441. The van der Waals surface area contributed by atoms with Crippen LogP contribution in [0.4, 0.5) is 0 Å². The summed E-state index contributed by atoms with van der Waals surface area (Å²) in [6.45, 7) is 1.79. The van der Waals surface area contributed by atoms with E-state index in [4.69, 9.17) is 28.3 Å². The zero-order valence-electron chi connectivity index (χ0n) is 8.45. The van der Waals surface area contributed by atoms with E-state index in [0.29, 0.717) is 5.56 Å². The number of hydrogen-bond donors (Lipinski definition) is 2. The van der Waals surface area contributed by atoms with Gasteiger partial charge in [0.15, 0.2) is 0 Å². The van der Waals surface area contributed by atoms with Gasteiger partial charge in [0.1, 0.15) is 10.8 Å². The largest absolute Gasteiger partial charge is 0.506 e. The van der Waals surface area contributed by atoms with E-state index in [1.54, 1.807) is 13.0 Å². The Balaban J connectivity index is 3.05. The molecule has 16 heavy (non-hydrogen) atoms. The minimum Gasteiger partial charge on any atom is -0.506 e. The van der Waals surface area contributed by atoms with Gasteiger partial charge in [0.05, 0.1) is 5.02 Å². The van der Waals surface area contributed by atoms with Crippen LogP contribution in [0.25, 0.3) is 0 Å². The van der Waals surface area contributed by atoms with Crippen molar-refractivity contribution in [2.45, 2.75) is 12.8 Å². The summed E-state index contributed by atoms with van der Waals surface area (Å²) in [4.78, 5) is 10.4. The highest BCUT2D eigenvalue weighted by atomic mass is 35.5. The molecule has 0 aliphatic rings. The molecule has 0 saturated heterocycles. The van der Waals surface area contributed by atoms with E-state index in [1.807, 2.05) is 0 Å². The number of halogens is 2. The molecule has 0 radical (unpaired) electrons.